The molecule has 0 radical (unpaired) electrons. The molecule has 1 heterocycles. The SMILES string of the molecule is C=C1CC(=O)[N-]C1=O.[CH3-].[W+2]. The van der Waals surface area contributed by atoms with Gasteiger partial charge in [-0.25, -0.2) is 0 Å². The van der Waals surface area contributed by atoms with Crippen molar-refractivity contribution < 1.29 is 30.7 Å². The van der Waals surface area contributed by atoms with E-state index in [0.29, 0.717) is 5.57 Å². The van der Waals surface area contributed by atoms with Crippen LogP contribution in [-0.2, 0) is 30.7 Å². The minimum atomic E-state index is -0.463. The zero-order valence-corrected chi connectivity index (χ0v) is 8.52. The van der Waals surface area contributed by atoms with E-state index in [1.165, 1.54) is 0 Å². The maximum atomic E-state index is 10.3. The Morgan fingerprint density at radius 1 is 1.40 bits per heavy atom. The average Bonchev–Trinajstić information content (AvgIpc) is 1.85. The van der Waals surface area contributed by atoms with Crippen LogP contribution < -0.4 is 0 Å². The Kier molecular flexibility index (Phi) is 5.39. The molecule has 0 aromatic rings. The molecule has 0 spiro atoms. The van der Waals surface area contributed by atoms with Crippen LogP contribution in [0.2, 0.25) is 0 Å². The van der Waals surface area contributed by atoms with Gasteiger partial charge in [-0.2, -0.15) is 0 Å². The smallest absolute Gasteiger partial charge is 0.592 e. The van der Waals surface area contributed by atoms with Gasteiger partial charge in [0.05, 0.1) is 11.8 Å². The second-order valence-electron chi connectivity index (χ2n) is 1.59. The van der Waals surface area contributed by atoms with Crippen LogP contribution >= 0.6 is 0 Å². The summed E-state index contributed by atoms with van der Waals surface area (Å²) < 4.78 is 0. The predicted octanol–water partition coefficient (Wildman–Crippen LogP) is 0.821. The summed E-state index contributed by atoms with van der Waals surface area (Å²) >= 11 is 0. The number of nitrogens with zero attached hydrogens (tertiary/aromatic N) is 1. The van der Waals surface area contributed by atoms with Crippen LogP contribution in [0.1, 0.15) is 6.42 Å². The fourth-order valence-corrected chi connectivity index (χ4v) is 0.490. The van der Waals surface area contributed by atoms with Crippen molar-refractivity contribution in [3.8, 4) is 0 Å². The van der Waals surface area contributed by atoms with Gasteiger partial charge in [0.1, 0.15) is 0 Å². The first kappa shape index (κ1) is 12.3. The van der Waals surface area contributed by atoms with Crippen molar-refractivity contribution >= 4 is 11.8 Å². The van der Waals surface area contributed by atoms with Gasteiger partial charge < -0.3 is 22.3 Å². The number of rotatable bonds is 0. The Hall–Kier alpha value is -0.432. The molecule has 0 bridgehead atoms. The van der Waals surface area contributed by atoms with E-state index >= 15 is 0 Å². The number of hydrogen-bond donors (Lipinski definition) is 0. The van der Waals surface area contributed by atoms with Gasteiger partial charge in [-0.05, 0) is 5.57 Å². The molecule has 4 heteroatoms. The molecule has 1 fully saturated rings. The fourth-order valence-electron chi connectivity index (χ4n) is 0.490. The number of carbonyl (C=O) groups is 2. The maximum absolute atomic E-state index is 10.3. The zero-order chi connectivity index (χ0) is 6.15. The molecule has 0 saturated carbocycles. The molecular weight excluding hydrogens is 302 g/mol. The normalized spacial score (nSPS) is 15.4. The van der Waals surface area contributed by atoms with Gasteiger partial charge in [0.2, 0.25) is 0 Å². The summed E-state index contributed by atoms with van der Waals surface area (Å²) in [6.45, 7) is 3.32. The molecule has 1 aliphatic heterocycles. The molecule has 0 N–H and O–H groups in total. The molecule has 0 aliphatic carbocycles. The second kappa shape index (κ2) is 4.39. The summed E-state index contributed by atoms with van der Waals surface area (Å²) in [5.74, 6) is -0.838. The van der Waals surface area contributed by atoms with E-state index in [-0.39, 0.29) is 40.8 Å². The van der Waals surface area contributed by atoms with Crippen molar-refractivity contribution in [1.29, 1.82) is 0 Å². The first-order chi connectivity index (χ1) is 3.70. The largest absolute Gasteiger partial charge is 2.00 e. The van der Waals surface area contributed by atoms with Gasteiger partial charge >= 0.3 is 21.1 Å². The Morgan fingerprint density at radius 3 is 2.00 bits per heavy atom. The Labute approximate surface area is 74.1 Å². The topological polar surface area (TPSA) is 48.2 Å². The van der Waals surface area contributed by atoms with Crippen LogP contribution in [0.4, 0.5) is 0 Å². The van der Waals surface area contributed by atoms with E-state index in [1.54, 1.807) is 0 Å². The van der Waals surface area contributed by atoms with Crippen LogP contribution in [0.25, 0.3) is 5.32 Å². The van der Waals surface area contributed by atoms with Gasteiger partial charge in [-0.3, -0.25) is 0 Å². The van der Waals surface area contributed by atoms with E-state index in [4.69, 9.17) is 0 Å². The quantitative estimate of drug-likeness (QED) is 0.378. The zero-order valence-electron chi connectivity index (χ0n) is 5.59. The maximum Gasteiger partial charge on any atom is 2.00 e. The molecular formula is C6H7NO2W. The van der Waals surface area contributed by atoms with Gasteiger partial charge in [0.15, 0.2) is 0 Å². The van der Waals surface area contributed by atoms with E-state index in [9.17, 15) is 9.59 Å². The van der Waals surface area contributed by atoms with Gasteiger partial charge in [0.25, 0.3) is 0 Å². The number of carbonyl (C=O) groups excluding carboxylic acids is 2. The fraction of sp³-hybridized carbons (Fsp3) is 0.167. The van der Waals surface area contributed by atoms with Crippen molar-refractivity contribution in [2.75, 3.05) is 0 Å². The number of hydrogen-bond acceptors (Lipinski definition) is 2. The number of imide groups is 1. The molecule has 0 aromatic heterocycles. The van der Waals surface area contributed by atoms with Crippen LogP contribution in [0, 0.1) is 7.43 Å². The summed E-state index contributed by atoms with van der Waals surface area (Å²) in [4.78, 5) is 20.5. The van der Waals surface area contributed by atoms with E-state index in [0.717, 1.165) is 0 Å². The summed E-state index contributed by atoms with van der Waals surface area (Å²) in [7, 11) is 0. The third-order valence-corrected chi connectivity index (χ3v) is 0.893. The molecule has 3 nitrogen and oxygen atoms in total. The van der Waals surface area contributed by atoms with Crippen LogP contribution in [0.3, 0.4) is 0 Å². The van der Waals surface area contributed by atoms with Crippen molar-refractivity contribution in [3.05, 3.63) is 24.9 Å². The molecule has 0 atom stereocenters. The minimum Gasteiger partial charge on any atom is -0.592 e. The molecule has 0 unspecified atom stereocenters. The Balaban J connectivity index is 0. The van der Waals surface area contributed by atoms with Gasteiger partial charge in [-0.15, -0.1) is 0 Å². The van der Waals surface area contributed by atoms with Crippen LogP contribution in [0.5, 0.6) is 0 Å². The van der Waals surface area contributed by atoms with Gasteiger partial charge in [-0.1, -0.05) is 6.58 Å². The summed E-state index contributed by atoms with van der Waals surface area (Å²) in [5.41, 5.74) is 0.301. The second-order valence-corrected chi connectivity index (χ2v) is 1.59. The molecule has 1 aliphatic rings. The predicted molar refractivity (Wildman–Crippen MR) is 33.5 cm³/mol. The third kappa shape index (κ3) is 2.44. The monoisotopic (exact) mass is 309 g/mol. The molecule has 10 heavy (non-hydrogen) atoms. The minimum absolute atomic E-state index is 0. The first-order valence-corrected chi connectivity index (χ1v) is 2.17. The van der Waals surface area contributed by atoms with Gasteiger partial charge in [0, 0.05) is 6.42 Å². The van der Waals surface area contributed by atoms with Crippen LogP contribution in [0.15, 0.2) is 12.2 Å². The van der Waals surface area contributed by atoms with Crippen molar-refractivity contribution in [2.45, 2.75) is 6.42 Å². The molecule has 54 valence electrons. The van der Waals surface area contributed by atoms with Crippen molar-refractivity contribution in [2.24, 2.45) is 0 Å². The summed E-state index contributed by atoms with van der Waals surface area (Å²) in [6, 6.07) is 0. The summed E-state index contributed by atoms with van der Waals surface area (Å²) in [5, 5.41) is 3.09. The van der Waals surface area contributed by atoms with Crippen molar-refractivity contribution in [1.82, 2.24) is 0 Å². The molecule has 1 saturated heterocycles. The standard InChI is InChI=1S/C5H5NO2.CH3.W/c1-3-2-4(7)6-5(3)8;;/h1-2H2,(H,6,7,8);1H3;/q;-1;+2/p-1. The summed E-state index contributed by atoms with van der Waals surface area (Å²) in [6.07, 6.45) is 0.110. The molecule has 0 aromatic carbocycles. The number of amides is 2. The van der Waals surface area contributed by atoms with Crippen LogP contribution in [-0.4, -0.2) is 11.8 Å². The van der Waals surface area contributed by atoms with E-state index in [2.05, 4.69) is 11.9 Å². The molecule has 2 amide bonds. The van der Waals surface area contributed by atoms with E-state index in [1.807, 2.05) is 0 Å². The average molecular weight is 309 g/mol. The molecule has 1 rings (SSSR count). The Bertz CT molecular complexity index is 159. The first-order valence-electron chi connectivity index (χ1n) is 2.17. The third-order valence-electron chi connectivity index (χ3n) is 0.893. The van der Waals surface area contributed by atoms with E-state index < -0.39 is 5.91 Å². The van der Waals surface area contributed by atoms with Crippen molar-refractivity contribution in [3.63, 3.8) is 0 Å². The Morgan fingerprint density at radius 2 is 1.90 bits per heavy atom.